The highest BCUT2D eigenvalue weighted by Crippen LogP contribution is 2.19. The first-order valence-corrected chi connectivity index (χ1v) is 8.01. The number of nitrogens with one attached hydrogen (secondary N) is 2. The van der Waals surface area contributed by atoms with Crippen molar-refractivity contribution in [2.24, 2.45) is 5.10 Å². The molecule has 0 radical (unpaired) electrons. The minimum absolute atomic E-state index is 0.128. The highest BCUT2D eigenvalue weighted by molar-refractivity contribution is 6.30. The van der Waals surface area contributed by atoms with Gasteiger partial charge in [0, 0.05) is 10.7 Å². The predicted octanol–water partition coefficient (Wildman–Crippen LogP) is 3.61. The fraction of sp³-hybridized carbons (Fsp3) is 0.222. The zero-order chi connectivity index (χ0) is 17.4. The number of amides is 1. The number of hydrazone groups is 1. The summed E-state index contributed by atoms with van der Waals surface area (Å²) in [6.45, 7) is 4.62. The first-order chi connectivity index (χ1) is 11.6. The largest absolute Gasteiger partial charge is 0.494 e. The number of carbonyl (C=O) groups is 1. The van der Waals surface area contributed by atoms with Crippen LogP contribution < -0.4 is 15.5 Å². The Bertz CT molecular complexity index is 715. The Hall–Kier alpha value is -2.53. The molecule has 5 nitrogen and oxygen atoms in total. The van der Waals surface area contributed by atoms with Gasteiger partial charge in [-0.2, -0.15) is 5.10 Å². The van der Waals surface area contributed by atoms with Gasteiger partial charge in [-0.3, -0.25) is 4.79 Å². The SMILES string of the molecule is CCOc1ccc(/C=N/NC(=O)CNc2ccc(Cl)cc2C)cc1. The van der Waals surface area contributed by atoms with Gasteiger partial charge in [0.2, 0.25) is 0 Å². The van der Waals surface area contributed by atoms with Crippen molar-refractivity contribution in [3.63, 3.8) is 0 Å². The van der Waals surface area contributed by atoms with Crippen molar-refractivity contribution in [1.29, 1.82) is 0 Å². The third kappa shape index (κ3) is 5.59. The minimum Gasteiger partial charge on any atom is -0.494 e. The molecule has 0 spiro atoms. The fourth-order valence-electron chi connectivity index (χ4n) is 2.04. The molecule has 126 valence electrons. The Labute approximate surface area is 146 Å². The van der Waals surface area contributed by atoms with Gasteiger partial charge in [-0.25, -0.2) is 5.43 Å². The van der Waals surface area contributed by atoms with Crippen LogP contribution in [0.5, 0.6) is 5.75 Å². The predicted molar refractivity (Wildman–Crippen MR) is 98.0 cm³/mol. The molecule has 2 aromatic rings. The van der Waals surface area contributed by atoms with Gasteiger partial charge in [0.05, 0.1) is 19.4 Å². The quantitative estimate of drug-likeness (QED) is 0.595. The van der Waals surface area contributed by atoms with Gasteiger partial charge in [0.25, 0.3) is 5.91 Å². The Morgan fingerprint density at radius 3 is 2.67 bits per heavy atom. The number of hydrogen-bond donors (Lipinski definition) is 2. The molecule has 0 heterocycles. The summed E-state index contributed by atoms with van der Waals surface area (Å²) in [6.07, 6.45) is 1.58. The standard InChI is InChI=1S/C18H20ClN3O2/c1-3-24-16-7-4-14(5-8-16)11-21-22-18(23)12-20-17-9-6-15(19)10-13(17)2/h4-11,20H,3,12H2,1-2H3,(H,22,23)/b21-11+. The third-order valence-corrected chi connectivity index (χ3v) is 3.46. The number of anilines is 1. The summed E-state index contributed by atoms with van der Waals surface area (Å²) in [6, 6.07) is 12.9. The Morgan fingerprint density at radius 1 is 1.25 bits per heavy atom. The van der Waals surface area contributed by atoms with Gasteiger partial charge in [-0.1, -0.05) is 11.6 Å². The van der Waals surface area contributed by atoms with Gasteiger partial charge in [-0.15, -0.1) is 0 Å². The fourth-order valence-corrected chi connectivity index (χ4v) is 2.26. The zero-order valence-corrected chi connectivity index (χ0v) is 14.4. The van der Waals surface area contributed by atoms with Crippen molar-refractivity contribution < 1.29 is 9.53 Å². The van der Waals surface area contributed by atoms with Crippen LogP contribution in [-0.2, 0) is 4.79 Å². The molecule has 2 aromatic carbocycles. The van der Waals surface area contributed by atoms with Gasteiger partial charge >= 0.3 is 0 Å². The summed E-state index contributed by atoms with van der Waals surface area (Å²) < 4.78 is 5.36. The van der Waals surface area contributed by atoms with E-state index in [2.05, 4.69) is 15.8 Å². The molecule has 0 saturated heterocycles. The van der Waals surface area contributed by atoms with E-state index in [9.17, 15) is 4.79 Å². The van der Waals surface area contributed by atoms with E-state index in [-0.39, 0.29) is 12.5 Å². The summed E-state index contributed by atoms with van der Waals surface area (Å²) in [7, 11) is 0. The second kappa shape index (κ2) is 8.93. The highest BCUT2D eigenvalue weighted by Gasteiger charge is 2.02. The number of aryl methyl sites for hydroxylation is 1. The normalized spacial score (nSPS) is 10.6. The van der Waals surface area contributed by atoms with Gasteiger partial charge < -0.3 is 10.1 Å². The van der Waals surface area contributed by atoms with Crippen LogP contribution in [0.3, 0.4) is 0 Å². The first kappa shape index (κ1) is 17.8. The maximum absolute atomic E-state index is 11.8. The van der Waals surface area contributed by atoms with Gasteiger partial charge in [-0.05, 0) is 67.4 Å². The minimum atomic E-state index is -0.230. The van der Waals surface area contributed by atoms with E-state index in [1.807, 2.05) is 50.2 Å². The molecule has 0 fully saturated rings. The summed E-state index contributed by atoms with van der Waals surface area (Å²) in [5.74, 6) is 0.577. The average Bonchev–Trinajstić information content (AvgIpc) is 2.56. The molecule has 0 aliphatic carbocycles. The number of hydrogen-bond acceptors (Lipinski definition) is 4. The molecular formula is C18H20ClN3O2. The smallest absolute Gasteiger partial charge is 0.259 e. The molecule has 0 aliphatic rings. The molecule has 24 heavy (non-hydrogen) atoms. The average molecular weight is 346 g/mol. The lowest BCUT2D eigenvalue weighted by atomic mass is 10.2. The van der Waals surface area contributed by atoms with Crippen molar-refractivity contribution in [2.75, 3.05) is 18.5 Å². The molecule has 0 atom stereocenters. The second-order valence-corrected chi connectivity index (χ2v) is 5.54. The van der Waals surface area contributed by atoms with Crippen LogP contribution in [0.15, 0.2) is 47.6 Å². The lowest BCUT2D eigenvalue weighted by Gasteiger charge is -2.08. The van der Waals surface area contributed by atoms with Gasteiger partial charge in [0.15, 0.2) is 0 Å². The molecule has 0 bridgehead atoms. The molecule has 6 heteroatoms. The maximum atomic E-state index is 11.8. The maximum Gasteiger partial charge on any atom is 0.259 e. The number of benzene rings is 2. The van der Waals surface area contributed by atoms with Crippen LogP contribution in [0.2, 0.25) is 5.02 Å². The summed E-state index contributed by atoms with van der Waals surface area (Å²) >= 11 is 5.90. The lowest BCUT2D eigenvalue weighted by Crippen LogP contribution is -2.26. The van der Waals surface area contributed by atoms with Gasteiger partial charge in [0.1, 0.15) is 5.75 Å². The highest BCUT2D eigenvalue weighted by atomic mass is 35.5. The monoisotopic (exact) mass is 345 g/mol. The van der Waals surface area contributed by atoms with Crippen LogP contribution in [0, 0.1) is 6.92 Å². The van der Waals surface area contributed by atoms with Crippen LogP contribution in [-0.4, -0.2) is 25.3 Å². The van der Waals surface area contributed by atoms with E-state index in [1.165, 1.54) is 0 Å². The number of nitrogens with zero attached hydrogens (tertiary/aromatic N) is 1. The van der Waals surface area contributed by atoms with E-state index in [0.29, 0.717) is 11.6 Å². The molecule has 0 unspecified atom stereocenters. The van der Waals surface area contributed by atoms with Crippen molar-refractivity contribution in [3.8, 4) is 5.75 Å². The lowest BCUT2D eigenvalue weighted by molar-refractivity contribution is -0.119. The Morgan fingerprint density at radius 2 is 2.00 bits per heavy atom. The van der Waals surface area contributed by atoms with Crippen LogP contribution >= 0.6 is 11.6 Å². The molecule has 0 aliphatic heterocycles. The van der Waals surface area contributed by atoms with Crippen LogP contribution in [0.1, 0.15) is 18.1 Å². The van der Waals surface area contributed by atoms with E-state index < -0.39 is 0 Å². The van der Waals surface area contributed by atoms with Crippen molar-refractivity contribution in [1.82, 2.24) is 5.43 Å². The Balaban J connectivity index is 1.80. The van der Waals surface area contributed by atoms with Crippen molar-refractivity contribution in [3.05, 3.63) is 58.6 Å². The second-order valence-electron chi connectivity index (χ2n) is 5.11. The summed E-state index contributed by atoms with van der Waals surface area (Å²) in [5.41, 5.74) is 5.20. The van der Waals surface area contributed by atoms with Crippen molar-refractivity contribution in [2.45, 2.75) is 13.8 Å². The first-order valence-electron chi connectivity index (χ1n) is 7.63. The number of rotatable bonds is 7. The molecule has 2 rings (SSSR count). The topological polar surface area (TPSA) is 62.7 Å². The van der Waals surface area contributed by atoms with E-state index in [4.69, 9.17) is 16.3 Å². The van der Waals surface area contributed by atoms with E-state index >= 15 is 0 Å². The summed E-state index contributed by atoms with van der Waals surface area (Å²) in [5, 5.41) is 7.66. The Kier molecular flexibility index (Phi) is 6.63. The van der Waals surface area contributed by atoms with Crippen LogP contribution in [0.25, 0.3) is 0 Å². The molecule has 1 amide bonds. The van der Waals surface area contributed by atoms with Crippen molar-refractivity contribution >= 4 is 29.4 Å². The number of halogens is 1. The van der Waals surface area contributed by atoms with E-state index in [1.54, 1.807) is 12.3 Å². The molecule has 2 N–H and O–H groups in total. The molecule has 0 saturated carbocycles. The number of carbonyl (C=O) groups excluding carboxylic acids is 1. The summed E-state index contributed by atoms with van der Waals surface area (Å²) in [4.78, 5) is 11.8. The van der Waals surface area contributed by atoms with E-state index in [0.717, 1.165) is 22.6 Å². The molecular weight excluding hydrogens is 326 g/mol. The number of ether oxygens (including phenoxy) is 1. The molecule has 0 aromatic heterocycles. The third-order valence-electron chi connectivity index (χ3n) is 3.22. The zero-order valence-electron chi connectivity index (χ0n) is 13.7. The van der Waals surface area contributed by atoms with Crippen LogP contribution in [0.4, 0.5) is 5.69 Å².